The molecule has 0 radical (unpaired) electrons. The van der Waals surface area contributed by atoms with E-state index in [1.807, 2.05) is 0 Å². The fourth-order valence-electron chi connectivity index (χ4n) is 4.28. The van der Waals surface area contributed by atoms with Gasteiger partial charge in [-0.25, -0.2) is 0 Å². The second kappa shape index (κ2) is 7.64. The molecule has 2 fully saturated rings. The van der Waals surface area contributed by atoms with Crippen LogP contribution in [0.1, 0.15) is 53.4 Å². The van der Waals surface area contributed by atoms with Gasteiger partial charge in [-0.2, -0.15) is 0 Å². The molecule has 0 aromatic rings. The van der Waals surface area contributed by atoms with Gasteiger partial charge in [0.15, 0.2) is 0 Å². The standard InChI is InChI=1S/C15H30N2O.2ClH/c1-14(2)7-11(8-15(3,4)10-14)17-12-9-16-6-5-13(12)18;;/h11-13,16-18H,5-10H2,1-4H3;2*1H/t12-,13+;;/m0../s1. The van der Waals surface area contributed by atoms with E-state index in [0.29, 0.717) is 16.9 Å². The molecule has 0 aromatic heterocycles. The molecule has 2 atom stereocenters. The van der Waals surface area contributed by atoms with E-state index in [1.54, 1.807) is 0 Å². The van der Waals surface area contributed by atoms with Crippen molar-refractivity contribution < 1.29 is 5.11 Å². The first-order valence-electron chi connectivity index (χ1n) is 7.42. The molecule has 5 heteroatoms. The number of aliphatic hydroxyl groups excluding tert-OH is 1. The summed E-state index contributed by atoms with van der Waals surface area (Å²) < 4.78 is 0. The average Bonchev–Trinajstić information content (AvgIpc) is 2.16. The Morgan fingerprint density at radius 1 is 1.05 bits per heavy atom. The first kappa shape index (κ1) is 20.5. The third kappa shape index (κ3) is 5.69. The van der Waals surface area contributed by atoms with Crippen molar-refractivity contribution in [1.82, 2.24) is 10.6 Å². The Kier molecular flexibility index (Phi) is 7.82. The molecule has 0 unspecified atom stereocenters. The Hall–Kier alpha value is 0.460. The Morgan fingerprint density at radius 2 is 1.60 bits per heavy atom. The highest BCUT2D eigenvalue weighted by molar-refractivity contribution is 5.85. The highest BCUT2D eigenvalue weighted by atomic mass is 35.5. The minimum atomic E-state index is -0.181. The number of hydrogen-bond acceptors (Lipinski definition) is 3. The second-order valence-electron chi connectivity index (χ2n) is 7.94. The minimum Gasteiger partial charge on any atom is -0.391 e. The van der Waals surface area contributed by atoms with Crippen LogP contribution in [-0.4, -0.2) is 36.4 Å². The molecule has 3 N–H and O–H groups in total. The highest BCUT2D eigenvalue weighted by Crippen LogP contribution is 2.45. The van der Waals surface area contributed by atoms with Crippen molar-refractivity contribution in [3.63, 3.8) is 0 Å². The van der Waals surface area contributed by atoms with Crippen LogP contribution >= 0.6 is 24.8 Å². The summed E-state index contributed by atoms with van der Waals surface area (Å²) in [6.45, 7) is 11.3. The summed E-state index contributed by atoms with van der Waals surface area (Å²) in [5.74, 6) is 0. The zero-order valence-corrected chi connectivity index (χ0v) is 14.9. The van der Waals surface area contributed by atoms with Crippen molar-refractivity contribution in [3.8, 4) is 0 Å². The lowest BCUT2D eigenvalue weighted by atomic mass is 9.63. The van der Waals surface area contributed by atoms with Gasteiger partial charge in [0.2, 0.25) is 0 Å². The maximum atomic E-state index is 10.1. The van der Waals surface area contributed by atoms with Gasteiger partial charge in [-0.1, -0.05) is 27.7 Å². The summed E-state index contributed by atoms with van der Waals surface area (Å²) >= 11 is 0. The quantitative estimate of drug-likeness (QED) is 0.731. The highest BCUT2D eigenvalue weighted by Gasteiger charge is 2.39. The van der Waals surface area contributed by atoms with Crippen molar-refractivity contribution in [1.29, 1.82) is 0 Å². The molecular formula is C15H32Cl2N2O. The zero-order valence-electron chi connectivity index (χ0n) is 13.2. The molecule has 1 saturated carbocycles. The lowest BCUT2D eigenvalue weighted by Gasteiger charge is -2.47. The van der Waals surface area contributed by atoms with E-state index in [4.69, 9.17) is 0 Å². The number of halogens is 2. The van der Waals surface area contributed by atoms with Gasteiger partial charge >= 0.3 is 0 Å². The smallest absolute Gasteiger partial charge is 0.0717 e. The van der Waals surface area contributed by atoms with Gasteiger partial charge in [-0.15, -0.1) is 24.8 Å². The number of nitrogens with one attached hydrogen (secondary N) is 2. The first-order valence-corrected chi connectivity index (χ1v) is 7.42. The van der Waals surface area contributed by atoms with Crippen LogP contribution in [0.25, 0.3) is 0 Å². The summed E-state index contributed by atoms with van der Waals surface area (Å²) in [6.07, 6.45) is 4.43. The zero-order chi connectivity index (χ0) is 13.4. The number of rotatable bonds is 2. The molecule has 0 aromatic carbocycles. The van der Waals surface area contributed by atoms with E-state index >= 15 is 0 Å². The predicted molar refractivity (Wildman–Crippen MR) is 90.1 cm³/mol. The Bertz CT molecular complexity index is 282. The molecule has 2 rings (SSSR count). The molecule has 1 aliphatic carbocycles. The topological polar surface area (TPSA) is 44.3 Å². The molecular weight excluding hydrogens is 295 g/mol. The normalized spacial score (nSPS) is 32.9. The van der Waals surface area contributed by atoms with E-state index in [2.05, 4.69) is 38.3 Å². The molecule has 3 nitrogen and oxygen atoms in total. The van der Waals surface area contributed by atoms with E-state index in [-0.39, 0.29) is 37.0 Å². The summed E-state index contributed by atoms with van der Waals surface area (Å²) in [5, 5.41) is 17.1. The SMILES string of the molecule is CC1(C)CC(N[C@H]2CNCC[C@H]2O)CC(C)(C)C1.Cl.Cl. The number of hydrogen-bond donors (Lipinski definition) is 3. The van der Waals surface area contributed by atoms with Gasteiger partial charge in [0.25, 0.3) is 0 Å². The van der Waals surface area contributed by atoms with Crippen LogP contribution in [0.15, 0.2) is 0 Å². The van der Waals surface area contributed by atoms with Crippen LogP contribution in [0.5, 0.6) is 0 Å². The van der Waals surface area contributed by atoms with Crippen molar-refractivity contribution in [2.45, 2.75) is 71.6 Å². The van der Waals surface area contributed by atoms with Crippen molar-refractivity contribution in [3.05, 3.63) is 0 Å². The summed E-state index contributed by atoms with van der Waals surface area (Å²) in [6, 6.07) is 0.775. The van der Waals surface area contributed by atoms with Gasteiger partial charge in [0.1, 0.15) is 0 Å². The van der Waals surface area contributed by atoms with Gasteiger partial charge in [-0.3, -0.25) is 0 Å². The first-order chi connectivity index (χ1) is 8.27. The fraction of sp³-hybridized carbons (Fsp3) is 1.00. The van der Waals surface area contributed by atoms with E-state index in [9.17, 15) is 5.11 Å². The Balaban J connectivity index is 0.00000180. The predicted octanol–water partition coefficient (Wildman–Crippen LogP) is 2.75. The van der Waals surface area contributed by atoms with Crippen molar-refractivity contribution >= 4 is 24.8 Å². The molecule has 2 aliphatic rings. The number of piperidine rings is 1. The Morgan fingerprint density at radius 3 is 2.10 bits per heavy atom. The van der Waals surface area contributed by atoms with Crippen LogP contribution in [-0.2, 0) is 0 Å². The molecule has 122 valence electrons. The van der Waals surface area contributed by atoms with Crippen LogP contribution in [0.4, 0.5) is 0 Å². The molecule has 20 heavy (non-hydrogen) atoms. The molecule has 0 amide bonds. The van der Waals surface area contributed by atoms with Crippen LogP contribution < -0.4 is 10.6 Å². The van der Waals surface area contributed by atoms with Crippen LogP contribution in [0.3, 0.4) is 0 Å². The molecule has 1 aliphatic heterocycles. The van der Waals surface area contributed by atoms with Crippen LogP contribution in [0.2, 0.25) is 0 Å². The molecule has 1 heterocycles. The van der Waals surface area contributed by atoms with E-state index in [1.165, 1.54) is 19.3 Å². The van der Waals surface area contributed by atoms with Crippen molar-refractivity contribution in [2.75, 3.05) is 13.1 Å². The van der Waals surface area contributed by atoms with Crippen molar-refractivity contribution in [2.24, 2.45) is 10.8 Å². The number of aliphatic hydroxyl groups is 1. The maximum absolute atomic E-state index is 10.1. The van der Waals surface area contributed by atoms with Gasteiger partial charge in [-0.05, 0) is 43.1 Å². The lowest BCUT2D eigenvalue weighted by Crippen LogP contribution is -2.57. The average molecular weight is 327 g/mol. The summed E-state index contributed by atoms with van der Waals surface area (Å²) in [4.78, 5) is 0. The van der Waals surface area contributed by atoms with E-state index in [0.717, 1.165) is 19.5 Å². The summed E-state index contributed by atoms with van der Waals surface area (Å²) in [5.41, 5.74) is 0.818. The van der Waals surface area contributed by atoms with Crippen LogP contribution in [0, 0.1) is 10.8 Å². The molecule has 1 saturated heterocycles. The molecule has 0 bridgehead atoms. The monoisotopic (exact) mass is 326 g/mol. The third-order valence-corrected chi connectivity index (χ3v) is 4.45. The van der Waals surface area contributed by atoms with Gasteiger partial charge in [0.05, 0.1) is 6.10 Å². The minimum absolute atomic E-state index is 0. The fourth-order valence-corrected chi connectivity index (χ4v) is 4.28. The third-order valence-electron chi connectivity index (χ3n) is 4.45. The maximum Gasteiger partial charge on any atom is 0.0717 e. The summed E-state index contributed by atoms with van der Waals surface area (Å²) in [7, 11) is 0. The second-order valence-corrected chi connectivity index (χ2v) is 7.94. The Labute approximate surface area is 136 Å². The van der Waals surface area contributed by atoms with Gasteiger partial charge < -0.3 is 15.7 Å². The molecule has 0 spiro atoms. The van der Waals surface area contributed by atoms with E-state index < -0.39 is 0 Å². The lowest BCUT2D eigenvalue weighted by molar-refractivity contribution is 0.0496. The van der Waals surface area contributed by atoms with Gasteiger partial charge in [0, 0.05) is 18.6 Å². The largest absolute Gasteiger partial charge is 0.391 e.